The summed E-state index contributed by atoms with van der Waals surface area (Å²) in [4.78, 5) is 28.7. The molecule has 5 nitrogen and oxygen atoms in total. The number of ether oxygens (including phenoxy) is 1. The fourth-order valence-electron chi connectivity index (χ4n) is 3.97. The molecule has 2 amide bonds. The Hall–Kier alpha value is -1.88. The van der Waals surface area contributed by atoms with Crippen LogP contribution in [0.2, 0.25) is 0 Å². The lowest BCUT2D eigenvalue weighted by atomic mass is 9.88. The van der Waals surface area contributed by atoms with Gasteiger partial charge in [-0.15, -0.1) is 0 Å². The second-order valence-corrected chi connectivity index (χ2v) is 6.89. The lowest BCUT2D eigenvalue weighted by Gasteiger charge is -2.41. The summed E-state index contributed by atoms with van der Waals surface area (Å²) < 4.78 is 5.11. The van der Waals surface area contributed by atoms with Crippen molar-refractivity contribution >= 4 is 11.8 Å². The first-order valence-electron chi connectivity index (χ1n) is 8.73. The molecular weight excluding hydrogens is 304 g/mol. The highest BCUT2D eigenvalue weighted by Gasteiger charge is 2.37. The van der Waals surface area contributed by atoms with Gasteiger partial charge in [-0.05, 0) is 42.9 Å². The van der Waals surface area contributed by atoms with Crippen LogP contribution in [-0.4, -0.2) is 54.9 Å². The number of fused-ring (bicyclic) bond motifs is 1. The molecule has 2 atom stereocenters. The second-order valence-electron chi connectivity index (χ2n) is 6.89. The Bertz CT molecular complexity index is 599. The van der Waals surface area contributed by atoms with E-state index in [1.54, 1.807) is 7.11 Å². The number of rotatable bonds is 3. The smallest absolute Gasteiger partial charge is 0.253 e. The molecule has 5 heteroatoms. The van der Waals surface area contributed by atoms with Crippen LogP contribution in [0.1, 0.15) is 41.6 Å². The van der Waals surface area contributed by atoms with E-state index in [2.05, 4.69) is 0 Å². The molecule has 2 aliphatic rings. The van der Waals surface area contributed by atoms with Crippen molar-refractivity contribution in [3.8, 4) is 0 Å². The van der Waals surface area contributed by atoms with Crippen LogP contribution in [0.4, 0.5) is 0 Å². The van der Waals surface area contributed by atoms with Crippen LogP contribution < -0.4 is 0 Å². The Labute approximate surface area is 143 Å². The maximum Gasteiger partial charge on any atom is 0.253 e. The van der Waals surface area contributed by atoms with Crippen LogP contribution in [0.15, 0.2) is 24.3 Å². The zero-order valence-electron chi connectivity index (χ0n) is 14.5. The highest BCUT2D eigenvalue weighted by Crippen LogP contribution is 2.30. The molecule has 3 rings (SSSR count). The summed E-state index contributed by atoms with van der Waals surface area (Å²) in [5, 5.41) is 0. The predicted octanol–water partition coefficient (Wildman–Crippen LogP) is 2.31. The SMILES string of the molecule is COCc1ccc(C(=O)N2CC[C@@H]3[C@@H](CCCC(=O)N3C)C2)cc1. The number of carbonyl (C=O) groups excluding carboxylic acids is 2. The normalized spacial score (nSPS) is 24.5. The minimum Gasteiger partial charge on any atom is -0.380 e. The zero-order chi connectivity index (χ0) is 17.1. The fourth-order valence-corrected chi connectivity index (χ4v) is 3.97. The molecule has 0 saturated carbocycles. The summed E-state index contributed by atoms with van der Waals surface area (Å²) in [6.07, 6.45) is 3.47. The van der Waals surface area contributed by atoms with Crippen molar-refractivity contribution in [1.82, 2.24) is 9.80 Å². The molecule has 2 fully saturated rings. The van der Waals surface area contributed by atoms with Gasteiger partial charge in [0.25, 0.3) is 5.91 Å². The van der Waals surface area contributed by atoms with Crippen molar-refractivity contribution in [2.45, 2.75) is 38.3 Å². The average molecular weight is 330 g/mol. The van der Waals surface area contributed by atoms with Gasteiger partial charge in [-0.3, -0.25) is 9.59 Å². The van der Waals surface area contributed by atoms with Crippen LogP contribution >= 0.6 is 0 Å². The first kappa shape index (κ1) is 17.0. The fraction of sp³-hybridized carbons (Fsp3) is 0.579. The molecule has 0 N–H and O–H groups in total. The first-order chi connectivity index (χ1) is 11.6. The predicted molar refractivity (Wildman–Crippen MR) is 91.6 cm³/mol. The van der Waals surface area contributed by atoms with Crippen LogP contribution in [0.5, 0.6) is 0 Å². The van der Waals surface area contributed by atoms with E-state index < -0.39 is 0 Å². The molecule has 1 aromatic rings. The molecule has 0 radical (unpaired) electrons. The van der Waals surface area contributed by atoms with E-state index in [1.165, 1.54) is 0 Å². The van der Waals surface area contributed by atoms with Gasteiger partial charge in [0.1, 0.15) is 0 Å². The standard InChI is InChI=1S/C19H26N2O3/c1-20-17-10-11-21(12-16(17)4-3-5-18(20)22)19(23)15-8-6-14(7-9-15)13-24-2/h6-9,16-17H,3-5,10-13H2,1-2H3/t16-,17+/m0/s1. The minimum absolute atomic E-state index is 0.0932. The minimum atomic E-state index is 0.0932. The lowest BCUT2D eigenvalue weighted by molar-refractivity contribution is -0.132. The highest BCUT2D eigenvalue weighted by molar-refractivity contribution is 5.94. The number of piperidine rings is 1. The molecule has 0 spiro atoms. The van der Waals surface area contributed by atoms with Crippen LogP contribution in [-0.2, 0) is 16.1 Å². The molecule has 130 valence electrons. The molecule has 2 heterocycles. The molecule has 2 aliphatic heterocycles. The van der Waals surface area contributed by atoms with Gasteiger partial charge in [0.15, 0.2) is 0 Å². The summed E-state index contributed by atoms with van der Waals surface area (Å²) >= 11 is 0. The van der Waals surface area contributed by atoms with Gasteiger partial charge in [-0.2, -0.15) is 0 Å². The number of hydrogen-bond donors (Lipinski definition) is 0. The number of nitrogens with zero attached hydrogens (tertiary/aromatic N) is 2. The maximum absolute atomic E-state index is 12.8. The van der Waals surface area contributed by atoms with E-state index in [4.69, 9.17) is 4.74 Å². The Morgan fingerprint density at radius 1 is 1.25 bits per heavy atom. The molecule has 0 aliphatic carbocycles. The van der Waals surface area contributed by atoms with Gasteiger partial charge in [0.2, 0.25) is 5.91 Å². The van der Waals surface area contributed by atoms with Crippen molar-refractivity contribution in [3.05, 3.63) is 35.4 Å². The first-order valence-corrected chi connectivity index (χ1v) is 8.73. The van der Waals surface area contributed by atoms with Gasteiger partial charge < -0.3 is 14.5 Å². The third kappa shape index (κ3) is 3.46. The number of hydrogen-bond acceptors (Lipinski definition) is 3. The second kappa shape index (κ2) is 7.34. The highest BCUT2D eigenvalue weighted by atomic mass is 16.5. The number of methoxy groups -OCH3 is 1. The van der Waals surface area contributed by atoms with Gasteiger partial charge >= 0.3 is 0 Å². The van der Waals surface area contributed by atoms with E-state index in [-0.39, 0.29) is 17.9 Å². The Balaban J connectivity index is 1.68. The van der Waals surface area contributed by atoms with Gasteiger partial charge in [-0.25, -0.2) is 0 Å². The lowest BCUT2D eigenvalue weighted by Crippen LogP contribution is -2.51. The van der Waals surface area contributed by atoms with Crippen LogP contribution in [0.25, 0.3) is 0 Å². The molecule has 1 aromatic carbocycles. The Kier molecular flexibility index (Phi) is 5.19. The molecule has 0 aromatic heterocycles. The summed E-state index contributed by atoms with van der Waals surface area (Å²) in [5.41, 5.74) is 1.79. The van der Waals surface area contributed by atoms with E-state index in [0.717, 1.165) is 43.5 Å². The molecule has 24 heavy (non-hydrogen) atoms. The van der Waals surface area contributed by atoms with E-state index in [1.807, 2.05) is 41.1 Å². The summed E-state index contributed by atoms with van der Waals surface area (Å²) in [7, 11) is 3.58. The van der Waals surface area contributed by atoms with Gasteiger partial charge in [0.05, 0.1) is 6.61 Å². The largest absolute Gasteiger partial charge is 0.380 e. The number of benzene rings is 1. The van der Waals surface area contributed by atoms with E-state index in [0.29, 0.717) is 18.9 Å². The van der Waals surface area contributed by atoms with E-state index in [9.17, 15) is 9.59 Å². The third-order valence-corrected chi connectivity index (χ3v) is 5.35. The molecule has 2 saturated heterocycles. The number of carbonyl (C=O) groups is 2. The summed E-state index contributed by atoms with van der Waals surface area (Å²) in [6, 6.07) is 7.94. The zero-order valence-corrected chi connectivity index (χ0v) is 14.5. The monoisotopic (exact) mass is 330 g/mol. The number of amides is 2. The topological polar surface area (TPSA) is 49.9 Å². The number of likely N-dealkylation sites (tertiary alicyclic amines) is 2. The Morgan fingerprint density at radius 2 is 2.00 bits per heavy atom. The van der Waals surface area contributed by atoms with Crippen LogP contribution in [0, 0.1) is 5.92 Å². The van der Waals surface area contributed by atoms with Gasteiger partial charge in [0, 0.05) is 45.3 Å². The third-order valence-electron chi connectivity index (χ3n) is 5.35. The molecule has 0 unspecified atom stereocenters. The van der Waals surface area contributed by atoms with Crippen LogP contribution in [0.3, 0.4) is 0 Å². The van der Waals surface area contributed by atoms with Crippen molar-refractivity contribution in [3.63, 3.8) is 0 Å². The Morgan fingerprint density at radius 3 is 2.71 bits per heavy atom. The van der Waals surface area contributed by atoms with E-state index >= 15 is 0 Å². The van der Waals surface area contributed by atoms with Crippen molar-refractivity contribution in [2.24, 2.45) is 5.92 Å². The van der Waals surface area contributed by atoms with Crippen molar-refractivity contribution < 1.29 is 14.3 Å². The average Bonchev–Trinajstić information content (AvgIpc) is 2.74. The molecular formula is C19H26N2O3. The van der Waals surface area contributed by atoms with Crippen molar-refractivity contribution in [1.29, 1.82) is 0 Å². The quantitative estimate of drug-likeness (QED) is 0.854. The van der Waals surface area contributed by atoms with Gasteiger partial charge in [-0.1, -0.05) is 12.1 Å². The summed E-state index contributed by atoms with van der Waals surface area (Å²) in [5.74, 6) is 0.735. The molecule has 0 bridgehead atoms. The summed E-state index contributed by atoms with van der Waals surface area (Å²) in [6.45, 7) is 2.03. The maximum atomic E-state index is 12.8. The van der Waals surface area contributed by atoms with Crippen molar-refractivity contribution in [2.75, 3.05) is 27.2 Å².